The molecule has 1 unspecified atom stereocenters. The average Bonchev–Trinajstić information content (AvgIpc) is 2.21. The van der Waals surface area contributed by atoms with Crippen LogP contribution in [-0.2, 0) is 0 Å². The number of hydrogen-bond donors (Lipinski definition) is 2. The van der Waals surface area contributed by atoms with Crippen molar-refractivity contribution >= 4 is 0 Å². The molecule has 0 fully saturated rings. The molecular formula is C10H14N4. The Labute approximate surface area is 83.9 Å². The summed E-state index contributed by atoms with van der Waals surface area (Å²) >= 11 is 0. The van der Waals surface area contributed by atoms with Crippen LogP contribution in [0.4, 0.5) is 0 Å². The molecular weight excluding hydrogens is 176 g/mol. The molecule has 0 aliphatic carbocycles. The SMILES string of the molecule is C#CCCC(NN)c1ncc(C)cn1. The van der Waals surface area contributed by atoms with E-state index >= 15 is 0 Å². The predicted octanol–water partition coefficient (Wildman–Crippen LogP) is 0.703. The van der Waals surface area contributed by atoms with Gasteiger partial charge in [0.2, 0.25) is 0 Å². The summed E-state index contributed by atoms with van der Waals surface area (Å²) in [6.07, 6.45) is 10.1. The molecule has 0 radical (unpaired) electrons. The van der Waals surface area contributed by atoms with Crippen molar-refractivity contribution < 1.29 is 0 Å². The van der Waals surface area contributed by atoms with E-state index in [2.05, 4.69) is 21.3 Å². The van der Waals surface area contributed by atoms with Crippen LogP contribution < -0.4 is 11.3 Å². The van der Waals surface area contributed by atoms with Gasteiger partial charge in [-0.3, -0.25) is 5.84 Å². The topological polar surface area (TPSA) is 63.8 Å². The highest BCUT2D eigenvalue weighted by Gasteiger charge is 2.10. The van der Waals surface area contributed by atoms with Crippen LogP contribution in [0.25, 0.3) is 0 Å². The molecule has 1 aromatic rings. The predicted molar refractivity (Wildman–Crippen MR) is 54.9 cm³/mol. The van der Waals surface area contributed by atoms with Crippen LogP contribution in [0, 0.1) is 19.3 Å². The molecule has 1 atom stereocenters. The molecule has 1 aromatic heterocycles. The van der Waals surface area contributed by atoms with E-state index < -0.39 is 0 Å². The fraction of sp³-hybridized carbons (Fsp3) is 0.400. The second kappa shape index (κ2) is 5.32. The van der Waals surface area contributed by atoms with Crippen LogP contribution in [0.1, 0.15) is 30.3 Å². The maximum absolute atomic E-state index is 5.39. The number of aryl methyl sites for hydroxylation is 1. The van der Waals surface area contributed by atoms with Crippen LogP contribution in [0.2, 0.25) is 0 Å². The summed E-state index contributed by atoms with van der Waals surface area (Å²) in [7, 11) is 0. The fourth-order valence-electron chi connectivity index (χ4n) is 1.10. The Kier molecular flexibility index (Phi) is 4.05. The molecule has 74 valence electrons. The maximum Gasteiger partial charge on any atom is 0.146 e. The van der Waals surface area contributed by atoms with Gasteiger partial charge in [-0.05, 0) is 18.9 Å². The van der Waals surface area contributed by atoms with Crippen molar-refractivity contribution in [2.45, 2.75) is 25.8 Å². The molecule has 0 bridgehead atoms. The van der Waals surface area contributed by atoms with Crippen molar-refractivity contribution in [2.75, 3.05) is 0 Å². The highest BCUT2D eigenvalue weighted by atomic mass is 15.2. The minimum absolute atomic E-state index is 0.0633. The summed E-state index contributed by atoms with van der Waals surface area (Å²) in [5.41, 5.74) is 3.68. The Bertz CT molecular complexity index is 312. The van der Waals surface area contributed by atoms with Crippen LogP contribution in [0.15, 0.2) is 12.4 Å². The highest BCUT2D eigenvalue weighted by Crippen LogP contribution is 2.12. The van der Waals surface area contributed by atoms with E-state index in [0.29, 0.717) is 12.2 Å². The molecule has 4 nitrogen and oxygen atoms in total. The van der Waals surface area contributed by atoms with E-state index in [9.17, 15) is 0 Å². The number of nitrogens with zero attached hydrogens (tertiary/aromatic N) is 2. The lowest BCUT2D eigenvalue weighted by molar-refractivity contribution is 0.497. The van der Waals surface area contributed by atoms with E-state index in [0.717, 1.165) is 12.0 Å². The summed E-state index contributed by atoms with van der Waals surface area (Å²) in [5, 5.41) is 0. The molecule has 14 heavy (non-hydrogen) atoms. The molecule has 0 aromatic carbocycles. The second-order valence-corrected chi connectivity index (χ2v) is 3.08. The molecule has 1 heterocycles. The monoisotopic (exact) mass is 190 g/mol. The van der Waals surface area contributed by atoms with Crippen molar-refractivity contribution in [3.8, 4) is 12.3 Å². The van der Waals surface area contributed by atoms with Gasteiger partial charge in [-0.1, -0.05) is 0 Å². The summed E-state index contributed by atoms with van der Waals surface area (Å²) < 4.78 is 0. The number of terminal acetylenes is 1. The van der Waals surface area contributed by atoms with Crippen LogP contribution in [-0.4, -0.2) is 9.97 Å². The minimum atomic E-state index is -0.0633. The zero-order chi connectivity index (χ0) is 10.4. The number of nitrogens with one attached hydrogen (secondary N) is 1. The van der Waals surface area contributed by atoms with E-state index in [-0.39, 0.29) is 6.04 Å². The van der Waals surface area contributed by atoms with E-state index in [1.165, 1.54) is 0 Å². The van der Waals surface area contributed by atoms with Crippen LogP contribution >= 0.6 is 0 Å². The van der Waals surface area contributed by atoms with Gasteiger partial charge in [0.25, 0.3) is 0 Å². The van der Waals surface area contributed by atoms with Gasteiger partial charge in [0.05, 0.1) is 6.04 Å². The molecule has 4 heteroatoms. The Morgan fingerprint density at radius 2 is 2.21 bits per heavy atom. The van der Waals surface area contributed by atoms with Crippen molar-refractivity contribution in [2.24, 2.45) is 5.84 Å². The lowest BCUT2D eigenvalue weighted by Crippen LogP contribution is -2.29. The first-order valence-corrected chi connectivity index (χ1v) is 4.46. The van der Waals surface area contributed by atoms with E-state index in [4.69, 9.17) is 12.3 Å². The van der Waals surface area contributed by atoms with Crippen LogP contribution in [0.5, 0.6) is 0 Å². The van der Waals surface area contributed by atoms with Gasteiger partial charge >= 0.3 is 0 Å². The standard InChI is InChI=1S/C10H14N4/c1-3-4-5-9(14-11)10-12-6-8(2)7-13-10/h1,6-7,9,14H,4-5,11H2,2H3. The first-order chi connectivity index (χ1) is 6.77. The van der Waals surface area contributed by atoms with E-state index in [1.54, 1.807) is 12.4 Å². The number of nitrogens with two attached hydrogens (primary N) is 1. The lowest BCUT2D eigenvalue weighted by Gasteiger charge is -2.12. The van der Waals surface area contributed by atoms with Gasteiger partial charge in [0, 0.05) is 18.8 Å². The Morgan fingerprint density at radius 3 is 2.71 bits per heavy atom. The number of aromatic nitrogens is 2. The summed E-state index contributed by atoms with van der Waals surface area (Å²) in [6.45, 7) is 1.94. The van der Waals surface area contributed by atoms with Crippen molar-refractivity contribution in [3.63, 3.8) is 0 Å². The van der Waals surface area contributed by atoms with Crippen LogP contribution in [0.3, 0.4) is 0 Å². The largest absolute Gasteiger partial charge is 0.271 e. The van der Waals surface area contributed by atoms with Gasteiger partial charge in [-0.15, -0.1) is 12.3 Å². The van der Waals surface area contributed by atoms with Gasteiger partial charge in [-0.2, -0.15) is 0 Å². The number of hydrogen-bond acceptors (Lipinski definition) is 4. The van der Waals surface area contributed by atoms with Gasteiger partial charge in [0.15, 0.2) is 0 Å². The molecule has 0 saturated carbocycles. The van der Waals surface area contributed by atoms with Gasteiger partial charge in [-0.25, -0.2) is 15.4 Å². The summed E-state index contributed by atoms with van der Waals surface area (Å²) in [5.74, 6) is 8.64. The Balaban J connectivity index is 2.69. The number of hydrazine groups is 1. The molecule has 0 aliphatic heterocycles. The lowest BCUT2D eigenvalue weighted by atomic mass is 10.1. The Hall–Kier alpha value is -1.44. The quantitative estimate of drug-likeness (QED) is 0.417. The molecule has 3 N–H and O–H groups in total. The first kappa shape index (κ1) is 10.6. The van der Waals surface area contributed by atoms with Gasteiger partial charge < -0.3 is 0 Å². The van der Waals surface area contributed by atoms with Gasteiger partial charge in [0.1, 0.15) is 5.82 Å². The zero-order valence-electron chi connectivity index (χ0n) is 8.20. The van der Waals surface area contributed by atoms with Crippen molar-refractivity contribution in [1.82, 2.24) is 15.4 Å². The Morgan fingerprint density at radius 1 is 1.57 bits per heavy atom. The molecule has 0 aliphatic rings. The normalized spacial score (nSPS) is 12.1. The molecule has 0 saturated heterocycles. The van der Waals surface area contributed by atoms with Crippen molar-refractivity contribution in [1.29, 1.82) is 0 Å². The number of rotatable bonds is 4. The van der Waals surface area contributed by atoms with Crippen molar-refractivity contribution in [3.05, 3.63) is 23.8 Å². The fourth-order valence-corrected chi connectivity index (χ4v) is 1.10. The maximum atomic E-state index is 5.39. The zero-order valence-corrected chi connectivity index (χ0v) is 8.20. The second-order valence-electron chi connectivity index (χ2n) is 3.08. The summed E-state index contributed by atoms with van der Waals surface area (Å²) in [6, 6.07) is -0.0633. The first-order valence-electron chi connectivity index (χ1n) is 4.46. The third kappa shape index (κ3) is 2.80. The average molecular weight is 190 g/mol. The molecule has 0 spiro atoms. The smallest absolute Gasteiger partial charge is 0.146 e. The molecule has 0 amide bonds. The van der Waals surface area contributed by atoms with E-state index in [1.807, 2.05) is 6.92 Å². The summed E-state index contributed by atoms with van der Waals surface area (Å²) in [4.78, 5) is 8.36. The third-order valence-electron chi connectivity index (χ3n) is 1.89. The minimum Gasteiger partial charge on any atom is -0.271 e. The highest BCUT2D eigenvalue weighted by molar-refractivity contribution is 5.04. The third-order valence-corrected chi connectivity index (χ3v) is 1.89. The molecule has 1 rings (SSSR count).